The summed E-state index contributed by atoms with van der Waals surface area (Å²) in [7, 11) is -3.95. The predicted octanol–water partition coefficient (Wildman–Crippen LogP) is 1.95. The zero-order chi connectivity index (χ0) is 14.2. The standard InChI is InChI=1S/C10H20N3.BF4/c1-4-12(5-2)8-9-13-7-6-11(3)10-13;2-1(3,4)5/h6-7,10H,4-5,8-9H2,1-3H3;/q+1;-1. The second-order valence-corrected chi connectivity index (χ2v) is 3.84. The van der Waals surface area contributed by atoms with E-state index >= 15 is 0 Å². The van der Waals surface area contributed by atoms with Crippen LogP contribution >= 0.6 is 0 Å². The third kappa shape index (κ3) is 10.1. The lowest BCUT2D eigenvalue weighted by Crippen LogP contribution is -2.28. The van der Waals surface area contributed by atoms with Crippen LogP contribution in [-0.4, -0.2) is 36.4 Å². The molecule has 106 valence electrons. The average Bonchev–Trinajstić information content (AvgIpc) is 2.63. The summed E-state index contributed by atoms with van der Waals surface area (Å²) in [6.07, 6.45) is 6.30. The third-order valence-corrected chi connectivity index (χ3v) is 2.39. The van der Waals surface area contributed by atoms with E-state index in [-0.39, 0.29) is 0 Å². The van der Waals surface area contributed by atoms with Crippen LogP contribution in [0.15, 0.2) is 18.7 Å². The topological polar surface area (TPSA) is 12.1 Å². The van der Waals surface area contributed by atoms with Gasteiger partial charge in [-0.2, -0.15) is 0 Å². The summed E-state index contributed by atoms with van der Waals surface area (Å²) in [4.78, 5) is 2.43. The van der Waals surface area contributed by atoms with Crippen LogP contribution in [0.4, 0.5) is 17.3 Å². The molecule has 0 saturated heterocycles. The normalized spacial score (nSPS) is 11.3. The molecule has 0 amide bonds. The van der Waals surface area contributed by atoms with Gasteiger partial charge in [-0.15, -0.1) is 0 Å². The Kier molecular flexibility index (Phi) is 7.65. The number of nitrogens with zero attached hydrogens (tertiary/aromatic N) is 3. The van der Waals surface area contributed by atoms with Gasteiger partial charge >= 0.3 is 7.25 Å². The molecule has 0 spiro atoms. The summed E-state index contributed by atoms with van der Waals surface area (Å²) < 4.78 is 43.3. The first-order chi connectivity index (χ1) is 8.26. The van der Waals surface area contributed by atoms with Crippen molar-refractivity contribution in [3.05, 3.63) is 18.7 Å². The van der Waals surface area contributed by atoms with Crippen molar-refractivity contribution < 1.29 is 21.8 Å². The molecule has 0 aliphatic rings. The second kappa shape index (κ2) is 8.13. The SMILES string of the molecule is CCN(CC)CCn1cc[n+](C)c1.F[B-](F)(F)F. The fourth-order valence-corrected chi connectivity index (χ4v) is 1.43. The molecule has 1 aromatic rings. The Bertz CT molecular complexity index is 317. The first-order valence-electron chi connectivity index (χ1n) is 5.87. The smallest absolute Gasteiger partial charge is 0.418 e. The highest BCUT2D eigenvalue weighted by Gasteiger charge is 2.20. The van der Waals surface area contributed by atoms with Crippen molar-refractivity contribution in [2.24, 2.45) is 7.05 Å². The summed E-state index contributed by atoms with van der Waals surface area (Å²) in [5.74, 6) is 0. The molecular formula is C10H20BF4N3. The number of likely N-dealkylation sites (N-methyl/N-ethyl adjacent to an activating group) is 1. The van der Waals surface area contributed by atoms with Crippen molar-refractivity contribution in [3.63, 3.8) is 0 Å². The molecule has 8 heteroatoms. The molecule has 0 bridgehead atoms. The number of hydrogen-bond donors (Lipinski definition) is 0. The third-order valence-electron chi connectivity index (χ3n) is 2.39. The summed E-state index contributed by atoms with van der Waals surface area (Å²) in [6.45, 7) is 8.93. The average molecular weight is 269 g/mol. The number of aromatic nitrogens is 2. The highest BCUT2D eigenvalue weighted by molar-refractivity contribution is 6.50. The minimum Gasteiger partial charge on any atom is -0.418 e. The van der Waals surface area contributed by atoms with Crippen molar-refractivity contribution in [2.75, 3.05) is 19.6 Å². The maximum Gasteiger partial charge on any atom is 0.673 e. The minimum atomic E-state index is -6.00. The van der Waals surface area contributed by atoms with E-state index in [9.17, 15) is 17.3 Å². The van der Waals surface area contributed by atoms with Gasteiger partial charge in [-0.25, -0.2) is 9.13 Å². The lowest BCUT2D eigenvalue weighted by molar-refractivity contribution is -0.671. The van der Waals surface area contributed by atoms with Gasteiger partial charge in [-0.3, -0.25) is 4.90 Å². The molecule has 3 nitrogen and oxygen atoms in total. The zero-order valence-corrected chi connectivity index (χ0v) is 11.0. The molecule has 0 aliphatic heterocycles. The largest absolute Gasteiger partial charge is 0.673 e. The molecule has 0 N–H and O–H groups in total. The lowest BCUT2D eigenvalue weighted by Gasteiger charge is -2.15. The van der Waals surface area contributed by atoms with Gasteiger partial charge < -0.3 is 17.3 Å². The van der Waals surface area contributed by atoms with E-state index in [1.54, 1.807) is 0 Å². The zero-order valence-electron chi connectivity index (χ0n) is 11.0. The molecule has 1 rings (SSSR count). The summed E-state index contributed by atoms with van der Waals surface area (Å²) in [6, 6.07) is 0. The Morgan fingerprint density at radius 2 is 1.67 bits per heavy atom. The van der Waals surface area contributed by atoms with Crippen molar-refractivity contribution in [1.29, 1.82) is 0 Å². The van der Waals surface area contributed by atoms with Gasteiger partial charge in [0.05, 0.1) is 7.05 Å². The molecule has 1 aromatic heterocycles. The maximum absolute atomic E-state index is 9.75. The van der Waals surface area contributed by atoms with Crippen LogP contribution in [0.25, 0.3) is 0 Å². The first-order valence-corrected chi connectivity index (χ1v) is 5.87. The molecule has 0 fully saturated rings. The fourth-order valence-electron chi connectivity index (χ4n) is 1.43. The highest BCUT2D eigenvalue weighted by Crippen LogP contribution is 2.06. The molecule has 18 heavy (non-hydrogen) atoms. The van der Waals surface area contributed by atoms with Crippen molar-refractivity contribution in [3.8, 4) is 0 Å². The van der Waals surface area contributed by atoms with Gasteiger partial charge in [-0.1, -0.05) is 13.8 Å². The summed E-state index contributed by atoms with van der Waals surface area (Å²) in [5, 5.41) is 0. The molecule has 0 atom stereocenters. The number of imidazole rings is 1. The fraction of sp³-hybridized carbons (Fsp3) is 0.700. The van der Waals surface area contributed by atoms with Crippen molar-refractivity contribution in [1.82, 2.24) is 9.47 Å². The number of rotatable bonds is 5. The predicted molar refractivity (Wildman–Crippen MR) is 63.6 cm³/mol. The quantitative estimate of drug-likeness (QED) is 0.452. The van der Waals surface area contributed by atoms with E-state index < -0.39 is 7.25 Å². The monoisotopic (exact) mass is 269 g/mol. The molecule has 0 aromatic carbocycles. The lowest BCUT2D eigenvalue weighted by atomic mass is 10.3. The van der Waals surface area contributed by atoms with Crippen molar-refractivity contribution in [2.45, 2.75) is 20.4 Å². The molecule has 0 radical (unpaired) electrons. The maximum atomic E-state index is 9.75. The van der Waals surface area contributed by atoms with Crippen molar-refractivity contribution >= 4 is 7.25 Å². The van der Waals surface area contributed by atoms with Gasteiger partial charge in [-0.05, 0) is 13.1 Å². The van der Waals surface area contributed by atoms with E-state index in [1.807, 2.05) is 7.05 Å². The van der Waals surface area contributed by atoms with E-state index in [4.69, 9.17) is 0 Å². The van der Waals surface area contributed by atoms with Crippen LogP contribution in [0.1, 0.15) is 13.8 Å². The first kappa shape index (κ1) is 17.0. The second-order valence-electron chi connectivity index (χ2n) is 3.84. The summed E-state index contributed by atoms with van der Waals surface area (Å²) in [5.41, 5.74) is 0. The van der Waals surface area contributed by atoms with Gasteiger partial charge in [0, 0.05) is 6.54 Å². The van der Waals surface area contributed by atoms with Crippen LogP contribution in [0, 0.1) is 0 Å². The summed E-state index contributed by atoms with van der Waals surface area (Å²) >= 11 is 0. The Hall–Kier alpha value is -1.05. The van der Waals surface area contributed by atoms with Gasteiger partial charge in [0.2, 0.25) is 6.33 Å². The van der Waals surface area contributed by atoms with Crippen LogP contribution in [0.2, 0.25) is 0 Å². The Morgan fingerprint density at radius 3 is 2.00 bits per heavy atom. The van der Waals surface area contributed by atoms with E-state index in [2.05, 4.69) is 46.6 Å². The van der Waals surface area contributed by atoms with E-state index in [0.717, 1.165) is 26.2 Å². The number of aryl methyl sites for hydroxylation is 1. The van der Waals surface area contributed by atoms with Crippen LogP contribution in [-0.2, 0) is 13.6 Å². The van der Waals surface area contributed by atoms with Gasteiger partial charge in [0.1, 0.15) is 18.9 Å². The Balaban J connectivity index is 0.000000494. The highest BCUT2D eigenvalue weighted by atomic mass is 19.5. The van der Waals surface area contributed by atoms with Gasteiger partial charge in [0.25, 0.3) is 0 Å². The number of hydrogen-bond acceptors (Lipinski definition) is 1. The molecule has 1 heterocycles. The van der Waals surface area contributed by atoms with Crippen LogP contribution in [0.3, 0.4) is 0 Å². The molecule has 0 saturated carbocycles. The Labute approximate surface area is 105 Å². The van der Waals surface area contributed by atoms with Gasteiger partial charge in [0.15, 0.2) is 0 Å². The minimum absolute atomic E-state index is 1.09. The Morgan fingerprint density at radius 1 is 1.17 bits per heavy atom. The molecule has 0 aliphatic carbocycles. The van der Waals surface area contributed by atoms with Crippen LogP contribution < -0.4 is 4.57 Å². The van der Waals surface area contributed by atoms with E-state index in [0.29, 0.717) is 0 Å². The van der Waals surface area contributed by atoms with Crippen LogP contribution in [0.5, 0.6) is 0 Å². The van der Waals surface area contributed by atoms with E-state index in [1.165, 1.54) is 0 Å². The number of halogens is 4. The molecule has 0 unspecified atom stereocenters. The molecular weight excluding hydrogens is 249 g/mol.